The van der Waals surface area contributed by atoms with Crippen LogP contribution in [0.1, 0.15) is 18.4 Å². The molecule has 0 amide bonds. The average molecular weight is 246 g/mol. The minimum atomic E-state index is -0.0768. The van der Waals surface area contributed by atoms with Crippen molar-refractivity contribution in [1.82, 2.24) is 9.47 Å². The Balaban J connectivity index is 2.05. The molecule has 0 aliphatic heterocycles. The van der Waals surface area contributed by atoms with Crippen molar-refractivity contribution in [2.75, 3.05) is 14.1 Å². The maximum atomic E-state index is 14.3. The van der Waals surface area contributed by atoms with Crippen LogP contribution in [0, 0.1) is 12.7 Å². The third-order valence-corrected chi connectivity index (χ3v) is 4.30. The van der Waals surface area contributed by atoms with Gasteiger partial charge < -0.3 is 9.47 Å². The standard InChI is InChI=1S/C15H19FN2/c1-11-4-5-12-6-9-18(14(12)13(11)16)10-15(7-8-15)17(2)3/h4-6,9H,7-8,10H2,1-3H3. The van der Waals surface area contributed by atoms with E-state index in [2.05, 4.69) is 23.6 Å². The molecule has 2 aromatic rings. The summed E-state index contributed by atoms with van der Waals surface area (Å²) in [6.45, 7) is 2.70. The van der Waals surface area contributed by atoms with Crippen molar-refractivity contribution in [2.24, 2.45) is 0 Å². The van der Waals surface area contributed by atoms with E-state index < -0.39 is 0 Å². The highest BCUT2D eigenvalue weighted by Crippen LogP contribution is 2.42. The first-order chi connectivity index (χ1) is 8.53. The van der Waals surface area contributed by atoms with Crippen LogP contribution in [0.25, 0.3) is 10.9 Å². The second kappa shape index (κ2) is 3.82. The fourth-order valence-electron chi connectivity index (χ4n) is 2.69. The van der Waals surface area contributed by atoms with Gasteiger partial charge in [0.15, 0.2) is 0 Å². The zero-order valence-corrected chi connectivity index (χ0v) is 11.2. The summed E-state index contributed by atoms with van der Waals surface area (Å²) in [5.41, 5.74) is 1.71. The van der Waals surface area contributed by atoms with Crippen molar-refractivity contribution >= 4 is 10.9 Å². The van der Waals surface area contributed by atoms with Gasteiger partial charge in [0.2, 0.25) is 0 Å². The van der Waals surface area contributed by atoms with Gasteiger partial charge in [0.1, 0.15) is 5.82 Å². The summed E-state index contributed by atoms with van der Waals surface area (Å²) in [7, 11) is 4.22. The number of hydrogen-bond acceptors (Lipinski definition) is 1. The van der Waals surface area contributed by atoms with Crippen LogP contribution in [0.4, 0.5) is 4.39 Å². The Kier molecular flexibility index (Phi) is 2.49. The van der Waals surface area contributed by atoms with E-state index in [4.69, 9.17) is 0 Å². The summed E-state index contributed by atoms with van der Waals surface area (Å²) in [5, 5.41) is 0.993. The third kappa shape index (κ3) is 1.65. The van der Waals surface area contributed by atoms with Crippen molar-refractivity contribution in [3.63, 3.8) is 0 Å². The van der Waals surface area contributed by atoms with Gasteiger partial charge in [-0.25, -0.2) is 4.39 Å². The molecule has 3 heteroatoms. The molecular weight excluding hydrogens is 227 g/mol. The predicted octanol–water partition coefficient (Wildman–Crippen LogP) is 3.18. The van der Waals surface area contributed by atoms with Crippen LogP contribution in [-0.2, 0) is 6.54 Å². The summed E-state index contributed by atoms with van der Waals surface area (Å²) in [6, 6.07) is 5.85. The lowest BCUT2D eigenvalue weighted by Gasteiger charge is -2.24. The summed E-state index contributed by atoms with van der Waals surface area (Å²) in [6.07, 6.45) is 4.41. The van der Waals surface area contributed by atoms with E-state index in [9.17, 15) is 4.39 Å². The van der Waals surface area contributed by atoms with Crippen LogP contribution in [0.5, 0.6) is 0 Å². The van der Waals surface area contributed by atoms with Crippen LogP contribution in [0.2, 0.25) is 0 Å². The van der Waals surface area contributed by atoms with Gasteiger partial charge in [-0.15, -0.1) is 0 Å². The molecule has 3 rings (SSSR count). The minimum Gasteiger partial charge on any atom is -0.343 e. The molecule has 0 saturated heterocycles. The summed E-state index contributed by atoms with van der Waals surface area (Å²) < 4.78 is 16.3. The lowest BCUT2D eigenvalue weighted by Crippen LogP contribution is -2.34. The molecule has 1 aliphatic carbocycles. The summed E-state index contributed by atoms with van der Waals surface area (Å²) in [4.78, 5) is 2.27. The second-order valence-corrected chi connectivity index (χ2v) is 5.70. The van der Waals surface area contributed by atoms with E-state index in [1.165, 1.54) is 12.8 Å². The van der Waals surface area contributed by atoms with Gasteiger partial charge in [0.25, 0.3) is 0 Å². The molecule has 2 nitrogen and oxygen atoms in total. The molecule has 0 radical (unpaired) electrons. The SMILES string of the molecule is Cc1ccc2ccn(CC3(N(C)C)CC3)c2c1F. The molecule has 1 saturated carbocycles. The number of aromatic nitrogens is 1. The van der Waals surface area contributed by atoms with E-state index in [1.54, 1.807) is 0 Å². The average Bonchev–Trinajstić information content (AvgIpc) is 3.00. The Labute approximate surface area is 107 Å². The van der Waals surface area contributed by atoms with E-state index in [1.807, 2.05) is 31.3 Å². The summed E-state index contributed by atoms with van der Waals surface area (Å²) >= 11 is 0. The van der Waals surface area contributed by atoms with Gasteiger partial charge >= 0.3 is 0 Å². The topological polar surface area (TPSA) is 8.17 Å². The van der Waals surface area contributed by atoms with Crippen molar-refractivity contribution < 1.29 is 4.39 Å². The zero-order valence-electron chi connectivity index (χ0n) is 11.2. The minimum absolute atomic E-state index is 0.0768. The molecule has 1 aromatic heterocycles. The maximum Gasteiger partial charge on any atom is 0.150 e. The Morgan fingerprint density at radius 1 is 1.28 bits per heavy atom. The van der Waals surface area contributed by atoms with Crippen molar-refractivity contribution in [1.29, 1.82) is 0 Å². The lowest BCUT2D eigenvalue weighted by molar-refractivity contribution is 0.243. The first-order valence-electron chi connectivity index (χ1n) is 6.45. The largest absolute Gasteiger partial charge is 0.343 e. The Morgan fingerprint density at radius 3 is 2.61 bits per heavy atom. The molecular formula is C15H19FN2. The fourth-order valence-corrected chi connectivity index (χ4v) is 2.69. The first-order valence-corrected chi connectivity index (χ1v) is 6.45. The van der Waals surface area contributed by atoms with Crippen LogP contribution >= 0.6 is 0 Å². The van der Waals surface area contributed by atoms with E-state index in [0.29, 0.717) is 0 Å². The van der Waals surface area contributed by atoms with Gasteiger partial charge in [-0.3, -0.25) is 0 Å². The molecule has 1 aromatic carbocycles. The van der Waals surface area contributed by atoms with Crippen molar-refractivity contribution in [3.8, 4) is 0 Å². The van der Waals surface area contributed by atoms with Gasteiger partial charge in [0.05, 0.1) is 5.52 Å². The highest BCUT2D eigenvalue weighted by molar-refractivity contribution is 5.81. The lowest BCUT2D eigenvalue weighted by atomic mass is 10.1. The molecule has 0 bridgehead atoms. The van der Waals surface area contributed by atoms with E-state index in [-0.39, 0.29) is 11.4 Å². The first kappa shape index (κ1) is 11.7. The van der Waals surface area contributed by atoms with Gasteiger partial charge in [0, 0.05) is 23.7 Å². The normalized spacial score (nSPS) is 17.6. The Bertz CT molecular complexity index is 594. The molecule has 0 unspecified atom stereocenters. The second-order valence-electron chi connectivity index (χ2n) is 5.70. The number of benzene rings is 1. The van der Waals surface area contributed by atoms with Gasteiger partial charge in [-0.1, -0.05) is 12.1 Å². The van der Waals surface area contributed by atoms with Crippen LogP contribution < -0.4 is 0 Å². The van der Waals surface area contributed by atoms with Gasteiger partial charge in [-0.05, 0) is 45.5 Å². The van der Waals surface area contributed by atoms with Crippen molar-refractivity contribution in [2.45, 2.75) is 31.8 Å². The fraction of sp³-hybridized carbons (Fsp3) is 0.467. The zero-order chi connectivity index (χ0) is 12.9. The third-order valence-electron chi connectivity index (χ3n) is 4.30. The van der Waals surface area contributed by atoms with Crippen LogP contribution in [0.15, 0.2) is 24.4 Å². The molecule has 1 aliphatic rings. The van der Waals surface area contributed by atoms with Crippen LogP contribution in [-0.4, -0.2) is 29.1 Å². The molecule has 1 fully saturated rings. The maximum absolute atomic E-state index is 14.3. The predicted molar refractivity (Wildman–Crippen MR) is 72.3 cm³/mol. The Hall–Kier alpha value is -1.35. The Morgan fingerprint density at radius 2 is 2.00 bits per heavy atom. The molecule has 0 N–H and O–H groups in total. The van der Waals surface area contributed by atoms with Crippen LogP contribution in [0.3, 0.4) is 0 Å². The monoisotopic (exact) mass is 246 g/mol. The molecule has 0 spiro atoms. The number of rotatable bonds is 3. The number of fused-ring (bicyclic) bond motifs is 1. The highest BCUT2D eigenvalue weighted by Gasteiger charge is 2.45. The molecule has 1 heterocycles. The number of likely N-dealkylation sites (N-methyl/N-ethyl adjacent to an activating group) is 1. The highest BCUT2D eigenvalue weighted by atomic mass is 19.1. The van der Waals surface area contributed by atoms with E-state index >= 15 is 0 Å². The number of nitrogens with zero attached hydrogens (tertiary/aromatic N) is 2. The molecule has 0 atom stereocenters. The number of hydrogen-bond donors (Lipinski definition) is 0. The number of aryl methyl sites for hydroxylation is 1. The number of halogens is 1. The quantitative estimate of drug-likeness (QED) is 0.807. The van der Waals surface area contributed by atoms with E-state index in [0.717, 1.165) is 23.0 Å². The van der Waals surface area contributed by atoms with Crippen molar-refractivity contribution in [3.05, 3.63) is 35.8 Å². The smallest absolute Gasteiger partial charge is 0.150 e. The molecule has 18 heavy (non-hydrogen) atoms. The molecule has 96 valence electrons. The summed E-state index contributed by atoms with van der Waals surface area (Å²) in [5.74, 6) is -0.0768. The van der Waals surface area contributed by atoms with Gasteiger partial charge in [-0.2, -0.15) is 0 Å².